The highest BCUT2D eigenvalue weighted by molar-refractivity contribution is 6.70. The van der Waals surface area contributed by atoms with Crippen molar-refractivity contribution in [2.24, 2.45) is 15.9 Å². The summed E-state index contributed by atoms with van der Waals surface area (Å²) in [4.78, 5) is 30.9. The van der Waals surface area contributed by atoms with Crippen LogP contribution in [0.25, 0.3) is 0 Å². The average molecular weight is 324 g/mol. The Hall–Kier alpha value is -2.28. The molecule has 0 spiro atoms. The van der Waals surface area contributed by atoms with Crippen LogP contribution in [0.15, 0.2) is 34.3 Å². The second-order valence-corrected chi connectivity index (χ2v) is 4.98. The highest BCUT2D eigenvalue weighted by Crippen LogP contribution is 2.24. The summed E-state index contributed by atoms with van der Waals surface area (Å²) in [7, 11) is 0. The number of carbonyl (C=O) groups excluding carboxylic acids is 1. The summed E-state index contributed by atoms with van der Waals surface area (Å²) in [6.45, 7) is 3.58. The summed E-state index contributed by atoms with van der Waals surface area (Å²) in [5.41, 5.74) is 0.691. The van der Waals surface area contributed by atoms with Crippen LogP contribution < -0.4 is 0 Å². The number of nitrogens with zero attached hydrogens (tertiary/aromatic N) is 3. The Morgan fingerprint density at radius 3 is 2.82 bits per heavy atom. The molecule has 1 aromatic rings. The Labute approximate surface area is 131 Å². The SMILES string of the molecule is CCOC(=O)C1C(Cl)=NC(C)N=C1c1cccc([N+](=O)[O-])c1. The fourth-order valence-electron chi connectivity index (χ4n) is 2.13. The number of nitro groups is 1. The van der Waals surface area contributed by atoms with E-state index >= 15 is 0 Å². The monoisotopic (exact) mass is 323 g/mol. The van der Waals surface area contributed by atoms with E-state index < -0.39 is 23.0 Å². The van der Waals surface area contributed by atoms with Crippen LogP contribution in [-0.4, -0.2) is 34.5 Å². The lowest BCUT2D eigenvalue weighted by Gasteiger charge is -2.22. The van der Waals surface area contributed by atoms with Crippen LogP contribution in [0.4, 0.5) is 5.69 Å². The first kappa shape index (κ1) is 16.1. The van der Waals surface area contributed by atoms with Gasteiger partial charge < -0.3 is 4.74 Å². The van der Waals surface area contributed by atoms with Gasteiger partial charge >= 0.3 is 5.97 Å². The molecule has 0 bridgehead atoms. The highest BCUT2D eigenvalue weighted by atomic mass is 35.5. The van der Waals surface area contributed by atoms with Gasteiger partial charge in [-0.15, -0.1) is 0 Å². The van der Waals surface area contributed by atoms with Crippen molar-refractivity contribution in [3.05, 3.63) is 39.9 Å². The number of hydrogen-bond acceptors (Lipinski definition) is 6. The molecule has 1 aliphatic heterocycles. The number of ether oxygens (including phenoxy) is 1. The molecule has 0 radical (unpaired) electrons. The Morgan fingerprint density at radius 1 is 1.45 bits per heavy atom. The lowest BCUT2D eigenvalue weighted by atomic mass is 9.95. The molecule has 0 saturated heterocycles. The Bertz CT molecular complexity index is 672. The summed E-state index contributed by atoms with van der Waals surface area (Å²) in [6, 6.07) is 5.89. The maximum Gasteiger partial charge on any atom is 0.322 e. The number of halogens is 1. The summed E-state index contributed by atoms with van der Waals surface area (Å²) in [5.74, 6) is -1.53. The summed E-state index contributed by atoms with van der Waals surface area (Å²) >= 11 is 6.09. The molecule has 8 heteroatoms. The second-order valence-electron chi connectivity index (χ2n) is 4.59. The molecule has 22 heavy (non-hydrogen) atoms. The van der Waals surface area contributed by atoms with Crippen molar-refractivity contribution >= 4 is 34.1 Å². The zero-order chi connectivity index (χ0) is 16.3. The number of hydrogen-bond donors (Lipinski definition) is 0. The quantitative estimate of drug-likeness (QED) is 0.483. The largest absolute Gasteiger partial charge is 0.465 e. The molecule has 0 aromatic heterocycles. The number of benzene rings is 1. The van der Waals surface area contributed by atoms with Crippen LogP contribution in [0.1, 0.15) is 19.4 Å². The maximum atomic E-state index is 12.1. The van der Waals surface area contributed by atoms with E-state index in [4.69, 9.17) is 16.3 Å². The third-order valence-electron chi connectivity index (χ3n) is 3.02. The molecule has 2 unspecified atom stereocenters. The van der Waals surface area contributed by atoms with Gasteiger partial charge in [0.2, 0.25) is 0 Å². The van der Waals surface area contributed by atoms with E-state index in [0.29, 0.717) is 11.3 Å². The minimum Gasteiger partial charge on any atom is -0.465 e. The van der Waals surface area contributed by atoms with Crippen molar-refractivity contribution in [3.63, 3.8) is 0 Å². The van der Waals surface area contributed by atoms with Gasteiger partial charge in [0.1, 0.15) is 11.3 Å². The molecule has 7 nitrogen and oxygen atoms in total. The van der Waals surface area contributed by atoms with Gasteiger partial charge in [0.05, 0.1) is 17.2 Å². The zero-order valence-electron chi connectivity index (χ0n) is 12.0. The Kier molecular flexibility index (Phi) is 4.87. The minimum absolute atomic E-state index is 0.0717. The summed E-state index contributed by atoms with van der Waals surface area (Å²) in [5, 5.41) is 11.0. The van der Waals surface area contributed by atoms with Gasteiger partial charge in [-0.05, 0) is 13.8 Å². The molecule has 1 aromatic carbocycles. The smallest absolute Gasteiger partial charge is 0.322 e. The van der Waals surface area contributed by atoms with Gasteiger partial charge in [-0.2, -0.15) is 0 Å². The summed E-state index contributed by atoms with van der Waals surface area (Å²) < 4.78 is 5.00. The molecule has 2 rings (SSSR count). The predicted octanol–water partition coefficient (Wildman–Crippen LogP) is 2.56. The van der Waals surface area contributed by atoms with E-state index in [1.165, 1.54) is 18.2 Å². The molecular formula is C14H14ClN3O4. The van der Waals surface area contributed by atoms with Gasteiger partial charge in [0.15, 0.2) is 5.92 Å². The molecule has 0 fully saturated rings. The van der Waals surface area contributed by atoms with E-state index in [1.807, 2.05) is 0 Å². The molecule has 0 N–H and O–H groups in total. The Morgan fingerprint density at radius 2 is 2.18 bits per heavy atom. The number of carbonyl (C=O) groups is 1. The maximum absolute atomic E-state index is 12.1. The highest BCUT2D eigenvalue weighted by Gasteiger charge is 2.35. The van der Waals surface area contributed by atoms with Crippen molar-refractivity contribution < 1.29 is 14.5 Å². The van der Waals surface area contributed by atoms with E-state index in [0.717, 1.165) is 0 Å². The third kappa shape index (κ3) is 3.30. The van der Waals surface area contributed by atoms with Crippen LogP contribution in [0.2, 0.25) is 0 Å². The zero-order valence-corrected chi connectivity index (χ0v) is 12.8. The molecule has 0 amide bonds. The van der Waals surface area contributed by atoms with Crippen molar-refractivity contribution in [2.75, 3.05) is 6.61 Å². The first-order valence-electron chi connectivity index (χ1n) is 6.66. The van der Waals surface area contributed by atoms with E-state index in [-0.39, 0.29) is 17.5 Å². The Balaban J connectivity index is 2.47. The standard InChI is InChI=1S/C14H14ClN3O4/c1-3-22-14(19)11-12(16-8(2)17-13(11)15)9-5-4-6-10(7-9)18(20)21/h4-8,11H,3H2,1-2H3. The molecular weight excluding hydrogens is 310 g/mol. The predicted molar refractivity (Wildman–Crippen MR) is 82.5 cm³/mol. The van der Waals surface area contributed by atoms with E-state index in [9.17, 15) is 14.9 Å². The van der Waals surface area contributed by atoms with Crippen molar-refractivity contribution in [1.29, 1.82) is 0 Å². The van der Waals surface area contributed by atoms with Crippen LogP contribution >= 0.6 is 11.6 Å². The van der Waals surface area contributed by atoms with E-state index in [1.54, 1.807) is 19.9 Å². The topological polar surface area (TPSA) is 94.2 Å². The minimum atomic E-state index is -0.958. The molecule has 116 valence electrons. The first-order valence-corrected chi connectivity index (χ1v) is 7.04. The number of esters is 1. The van der Waals surface area contributed by atoms with Gasteiger partial charge in [0, 0.05) is 17.7 Å². The molecule has 1 aliphatic rings. The van der Waals surface area contributed by atoms with Crippen molar-refractivity contribution in [3.8, 4) is 0 Å². The normalized spacial score (nSPS) is 20.9. The molecule has 2 atom stereocenters. The van der Waals surface area contributed by atoms with E-state index in [2.05, 4.69) is 9.98 Å². The van der Waals surface area contributed by atoms with Crippen molar-refractivity contribution in [2.45, 2.75) is 20.0 Å². The second kappa shape index (κ2) is 6.65. The number of non-ortho nitro benzene ring substituents is 1. The molecule has 1 heterocycles. The van der Waals surface area contributed by atoms with Crippen molar-refractivity contribution in [1.82, 2.24) is 0 Å². The number of aliphatic imine (C=N–C) groups is 2. The van der Waals surface area contributed by atoms with Crippen LogP contribution in [0, 0.1) is 16.0 Å². The lowest BCUT2D eigenvalue weighted by Crippen LogP contribution is -2.35. The fraction of sp³-hybridized carbons (Fsp3) is 0.357. The van der Waals surface area contributed by atoms with Gasteiger partial charge in [-0.1, -0.05) is 23.7 Å². The van der Waals surface area contributed by atoms with Crippen LogP contribution in [0.3, 0.4) is 0 Å². The van der Waals surface area contributed by atoms with Crippen LogP contribution in [0.5, 0.6) is 0 Å². The van der Waals surface area contributed by atoms with Gasteiger partial charge in [0.25, 0.3) is 5.69 Å². The first-order chi connectivity index (χ1) is 10.4. The molecule has 0 saturated carbocycles. The third-order valence-corrected chi connectivity index (χ3v) is 3.34. The number of nitro benzene ring substituents is 1. The summed E-state index contributed by atoms with van der Waals surface area (Å²) in [6.07, 6.45) is -0.465. The number of rotatable bonds is 4. The van der Waals surface area contributed by atoms with Gasteiger partial charge in [-0.3, -0.25) is 19.9 Å². The van der Waals surface area contributed by atoms with Crippen LogP contribution in [-0.2, 0) is 9.53 Å². The fourth-order valence-corrected chi connectivity index (χ4v) is 2.46. The lowest BCUT2D eigenvalue weighted by molar-refractivity contribution is -0.384. The van der Waals surface area contributed by atoms with Gasteiger partial charge in [-0.25, -0.2) is 4.99 Å². The molecule has 0 aliphatic carbocycles. The average Bonchev–Trinajstić information content (AvgIpc) is 2.46.